The third-order valence-corrected chi connectivity index (χ3v) is 4.05. The van der Waals surface area contributed by atoms with E-state index < -0.39 is 11.9 Å². The molecule has 0 saturated heterocycles. The molecule has 0 fully saturated rings. The van der Waals surface area contributed by atoms with Gasteiger partial charge in [0.2, 0.25) is 0 Å². The Morgan fingerprint density at radius 1 is 1.10 bits per heavy atom. The lowest BCUT2D eigenvalue weighted by Crippen LogP contribution is -2.15. The van der Waals surface area contributed by atoms with Gasteiger partial charge in [-0.3, -0.25) is 0 Å². The number of benzene rings is 2. The van der Waals surface area contributed by atoms with Gasteiger partial charge in [-0.25, -0.2) is 4.39 Å². The van der Waals surface area contributed by atoms with E-state index in [1.165, 1.54) is 17.2 Å². The van der Waals surface area contributed by atoms with Crippen molar-refractivity contribution in [2.45, 2.75) is 32.7 Å². The van der Waals surface area contributed by atoms with Crippen molar-refractivity contribution in [2.24, 2.45) is 5.73 Å². The van der Waals surface area contributed by atoms with Crippen LogP contribution in [-0.2, 0) is 12.8 Å². The van der Waals surface area contributed by atoms with Crippen molar-refractivity contribution in [1.29, 1.82) is 0 Å². The van der Waals surface area contributed by atoms with Crippen LogP contribution in [0.1, 0.15) is 42.1 Å². The minimum atomic E-state index is -0.427. The van der Waals surface area contributed by atoms with Crippen LogP contribution in [0.2, 0.25) is 5.02 Å². The Bertz CT molecular complexity index is 610. The van der Waals surface area contributed by atoms with Crippen LogP contribution in [0, 0.1) is 5.82 Å². The van der Waals surface area contributed by atoms with Crippen LogP contribution in [-0.4, -0.2) is 0 Å². The average Bonchev–Trinajstić information content (AvgIpc) is 2.48. The summed E-state index contributed by atoms with van der Waals surface area (Å²) in [6.45, 7) is 4.19. The predicted molar refractivity (Wildman–Crippen MR) is 82.6 cm³/mol. The van der Waals surface area contributed by atoms with Crippen molar-refractivity contribution in [3.63, 3.8) is 0 Å². The number of rotatable bonds is 4. The summed E-state index contributed by atoms with van der Waals surface area (Å²) in [4.78, 5) is 0. The van der Waals surface area contributed by atoms with Crippen molar-refractivity contribution in [3.05, 3.63) is 69.5 Å². The minimum absolute atomic E-state index is 0.115. The standard InChI is InChI=1S/C17H19ClFN/c1-3-11-8-9-12(4-2)14(10-11)17(20)13-6-5-7-15(19)16(13)18/h5-10,17H,3-4,20H2,1-2H3. The Morgan fingerprint density at radius 2 is 1.85 bits per heavy atom. The fourth-order valence-electron chi connectivity index (χ4n) is 2.40. The van der Waals surface area contributed by atoms with Gasteiger partial charge in [0.25, 0.3) is 0 Å². The molecule has 20 heavy (non-hydrogen) atoms. The first kappa shape index (κ1) is 15.0. The molecule has 2 aromatic carbocycles. The second-order valence-electron chi connectivity index (χ2n) is 4.86. The maximum atomic E-state index is 13.6. The zero-order valence-corrected chi connectivity index (χ0v) is 12.5. The van der Waals surface area contributed by atoms with Crippen LogP contribution in [0.5, 0.6) is 0 Å². The normalized spacial score (nSPS) is 12.4. The molecular weight excluding hydrogens is 273 g/mol. The number of hydrogen-bond donors (Lipinski definition) is 1. The molecule has 106 valence electrons. The zero-order chi connectivity index (χ0) is 14.7. The van der Waals surface area contributed by atoms with E-state index in [1.807, 2.05) is 0 Å². The maximum Gasteiger partial charge on any atom is 0.142 e. The first-order valence-corrected chi connectivity index (χ1v) is 7.27. The molecule has 0 amide bonds. The fraction of sp³-hybridized carbons (Fsp3) is 0.294. The molecule has 0 radical (unpaired) electrons. The van der Waals surface area contributed by atoms with E-state index in [0.29, 0.717) is 5.56 Å². The Morgan fingerprint density at radius 3 is 2.50 bits per heavy atom. The lowest BCUT2D eigenvalue weighted by atomic mass is 9.92. The van der Waals surface area contributed by atoms with E-state index in [1.54, 1.807) is 12.1 Å². The summed E-state index contributed by atoms with van der Waals surface area (Å²) in [7, 11) is 0. The molecule has 2 N–H and O–H groups in total. The van der Waals surface area contributed by atoms with Crippen molar-refractivity contribution in [1.82, 2.24) is 0 Å². The molecule has 0 aliphatic heterocycles. The van der Waals surface area contributed by atoms with Crippen LogP contribution in [0.25, 0.3) is 0 Å². The number of nitrogens with two attached hydrogens (primary N) is 1. The highest BCUT2D eigenvalue weighted by Crippen LogP contribution is 2.31. The first-order chi connectivity index (χ1) is 9.58. The monoisotopic (exact) mass is 291 g/mol. The predicted octanol–water partition coefficient (Wildman–Crippen LogP) is 4.65. The van der Waals surface area contributed by atoms with E-state index in [4.69, 9.17) is 17.3 Å². The van der Waals surface area contributed by atoms with Gasteiger partial charge >= 0.3 is 0 Å². The first-order valence-electron chi connectivity index (χ1n) is 6.89. The van der Waals surface area contributed by atoms with Crippen LogP contribution < -0.4 is 5.73 Å². The Hall–Kier alpha value is -1.38. The summed E-state index contributed by atoms with van der Waals surface area (Å²) in [5, 5.41) is 0.115. The van der Waals surface area contributed by atoms with Gasteiger partial charge in [0.15, 0.2) is 0 Å². The largest absolute Gasteiger partial charge is 0.320 e. The molecule has 0 heterocycles. The SMILES string of the molecule is CCc1ccc(CC)c(C(N)c2cccc(F)c2Cl)c1. The molecule has 0 aliphatic carbocycles. The van der Waals surface area contributed by atoms with Gasteiger partial charge in [0.05, 0.1) is 11.1 Å². The molecule has 0 aromatic heterocycles. The molecule has 1 atom stereocenters. The summed E-state index contributed by atoms with van der Waals surface area (Å²) in [5.41, 5.74) is 10.4. The van der Waals surface area contributed by atoms with E-state index in [0.717, 1.165) is 18.4 Å². The highest BCUT2D eigenvalue weighted by Gasteiger charge is 2.17. The van der Waals surface area contributed by atoms with Crippen LogP contribution >= 0.6 is 11.6 Å². The van der Waals surface area contributed by atoms with Crippen molar-refractivity contribution in [3.8, 4) is 0 Å². The maximum absolute atomic E-state index is 13.6. The number of hydrogen-bond acceptors (Lipinski definition) is 1. The quantitative estimate of drug-likeness (QED) is 0.871. The molecule has 2 aromatic rings. The fourth-order valence-corrected chi connectivity index (χ4v) is 2.65. The number of aryl methyl sites for hydroxylation is 2. The Labute approximate surface area is 124 Å². The lowest BCUT2D eigenvalue weighted by Gasteiger charge is -2.19. The summed E-state index contributed by atoms with van der Waals surface area (Å²) in [6, 6.07) is 10.7. The van der Waals surface area contributed by atoms with Gasteiger partial charge < -0.3 is 5.73 Å². The van der Waals surface area contributed by atoms with Gasteiger partial charge in [-0.15, -0.1) is 0 Å². The van der Waals surface area contributed by atoms with Gasteiger partial charge in [-0.1, -0.05) is 55.8 Å². The summed E-state index contributed by atoms with van der Waals surface area (Å²) in [6.07, 6.45) is 1.83. The average molecular weight is 292 g/mol. The van der Waals surface area contributed by atoms with Crippen molar-refractivity contribution in [2.75, 3.05) is 0 Å². The second-order valence-corrected chi connectivity index (χ2v) is 5.24. The van der Waals surface area contributed by atoms with Crippen molar-refractivity contribution >= 4 is 11.6 Å². The lowest BCUT2D eigenvalue weighted by molar-refractivity contribution is 0.624. The molecule has 0 aliphatic rings. The van der Waals surface area contributed by atoms with Gasteiger partial charge in [-0.05, 0) is 41.2 Å². The van der Waals surface area contributed by atoms with Gasteiger partial charge in [0, 0.05) is 0 Å². The van der Waals surface area contributed by atoms with E-state index in [9.17, 15) is 4.39 Å². The van der Waals surface area contributed by atoms with Crippen LogP contribution in [0.15, 0.2) is 36.4 Å². The van der Waals surface area contributed by atoms with Crippen molar-refractivity contribution < 1.29 is 4.39 Å². The summed E-state index contributed by atoms with van der Waals surface area (Å²) in [5.74, 6) is -0.427. The molecule has 0 bridgehead atoms. The zero-order valence-electron chi connectivity index (χ0n) is 11.8. The molecular formula is C17H19ClFN. The Kier molecular flexibility index (Phi) is 4.79. The summed E-state index contributed by atoms with van der Waals surface area (Å²) < 4.78 is 13.6. The van der Waals surface area contributed by atoms with Gasteiger partial charge in [-0.2, -0.15) is 0 Å². The third-order valence-electron chi connectivity index (χ3n) is 3.65. The molecule has 3 heteroatoms. The number of halogens is 2. The van der Waals surface area contributed by atoms with E-state index in [-0.39, 0.29) is 5.02 Å². The third kappa shape index (κ3) is 2.87. The molecule has 1 nitrogen and oxygen atoms in total. The highest BCUT2D eigenvalue weighted by molar-refractivity contribution is 6.31. The minimum Gasteiger partial charge on any atom is -0.320 e. The van der Waals surface area contributed by atoms with Crippen LogP contribution in [0.3, 0.4) is 0 Å². The van der Waals surface area contributed by atoms with Gasteiger partial charge in [0.1, 0.15) is 5.82 Å². The highest BCUT2D eigenvalue weighted by atomic mass is 35.5. The molecule has 0 spiro atoms. The van der Waals surface area contributed by atoms with E-state index >= 15 is 0 Å². The topological polar surface area (TPSA) is 26.0 Å². The summed E-state index contributed by atoms with van der Waals surface area (Å²) >= 11 is 6.05. The molecule has 2 rings (SSSR count). The van der Waals surface area contributed by atoms with E-state index in [2.05, 4.69) is 32.0 Å². The van der Waals surface area contributed by atoms with Crippen LogP contribution in [0.4, 0.5) is 4.39 Å². The molecule has 0 saturated carbocycles. The Balaban J connectivity index is 2.51. The molecule has 1 unspecified atom stereocenters. The second kappa shape index (κ2) is 6.38. The smallest absolute Gasteiger partial charge is 0.142 e.